The van der Waals surface area contributed by atoms with Crippen LogP contribution in [-0.4, -0.2) is 0 Å². The molecule has 0 amide bonds. The van der Waals surface area contributed by atoms with Gasteiger partial charge in [0, 0.05) is 0 Å². The lowest BCUT2D eigenvalue weighted by molar-refractivity contribution is 0.916. The second-order valence-corrected chi connectivity index (χ2v) is 4.24. The SMILES string of the molecule is C=Cc1cc(CCC)cc(C2CC2)c1. The molecule has 1 aromatic carbocycles. The van der Waals surface area contributed by atoms with Crippen molar-refractivity contribution < 1.29 is 0 Å². The predicted molar refractivity (Wildman–Crippen MR) is 62.5 cm³/mol. The summed E-state index contributed by atoms with van der Waals surface area (Å²) in [6.45, 7) is 6.09. The van der Waals surface area contributed by atoms with Gasteiger partial charge in [-0.1, -0.05) is 44.2 Å². The van der Waals surface area contributed by atoms with Gasteiger partial charge in [0.25, 0.3) is 0 Å². The van der Waals surface area contributed by atoms with Crippen molar-refractivity contribution in [2.75, 3.05) is 0 Å². The third-order valence-electron chi connectivity index (χ3n) is 2.86. The van der Waals surface area contributed by atoms with Crippen LogP contribution in [0.1, 0.15) is 48.8 Å². The fourth-order valence-electron chi connectivity index (χ4n) is 1.95. The van der Waals surface area contributed by atoms with Gasteiger partial charge in [0.15, 0.2) is 0 Å². The lowest BCUT2D eigenvalue weighted by Crippen LogP contribution is -1.89. The van der Waals surface area contributed by atoms with E-state index in [1.54, 1.807) is 0 Å². The largest absolute Gasteiger partial charge is 0.0985 e. The third-order valence-corrected chi connectivity index (χ3v) is 2.86. The van der Waals surface area contributed by atoms with E-state index in [2.05, 4.69) is 31.7 Å². The highest BCUT2D eigenvalue weighted by Gasteiger charge is 2.23. The van der Waals surface area contributed by atoms with Crippen molar-refractivity contribution in [2.45, 2.75) is 38.5 Å². The fourth-order valence-corrected chi connectivity index (χ4v) is 1.95. The summed E-state index contributed by atoms with van der Waals surface area (Å²) in [5, 5.41) is 0. The molecule has 1 fully saturated rings. The minimum atomic E-state index is 0.852. The maximum atomic E-state index is 3.85. The number of aryl methyl sites for hydroxylation is 1. The average molecular weight is 186 g/mol. The summed E-state index contributed by atoms with van der Waals surface area (Å²) in [5.74, 6) is 0.852. The van der Waals surface area contributed by atoms with Crippen molar-refractivity contribution in [3.8, 4) is 0 Å². The summed E-state index contributed by atoms with van der Waals surface area (Å²) in [7, 11) is 0. The van der Waals surface area contributed by atoms with Crippen molar-refractivity contribution in [1.82, 2.24) is 0 Å². The summed E-state index contributed by atoms with van der Waals surface area (Å²) in [4.78, 5) is 0. The first-order valence-electron chi connectivity index (χ1n) is 5.59. The molecule has 0 unspecified atom stereocenters. The molecule has 0 heterocycles. The normalized spacial score (nSPS) is 15.5. The van der Waals surface area contributed by atoms with Crippen molar-refractivity contribution >= 4 is 6.08 Å². The Morgan fingerprint density at radius 1 is 1.36 bits per heavy atom. The summed E-state index contributed by atoms with van der Waals surface area (Å²) in [6.07, 6.45) is 7.15. The molecular weight excluding hydrogens is 168 g/mol. The van der Waals surface area contributed by atoms with Crippen LogP contribution in [0, 0.1) is 0 Å². The zero-order chi connectivity index (χ0) is 9.97. The molecule has 0 saturated heterocycles. The number of rotatable bonds is 4. The summed E-state index contributed by atoms with van der Waals surface area (Å²) >= 11 is 0. The smallest absolute Gasteiger partial charge is 0.0161 e. The molecule has 0 nitrogen and oxygen atoms in total. The molecule has 74 valence electrons. The van der Waals surface area contributed by atoms with E-state index in [1.807, 2.05) is 6.08 Å². The second kappa shape index (κ2) is 4.00. The van der Waals surface area contributed by atoms with Crippen LogP contribution in [0.4, 0.5) is 0 Å². The molecule has 0 aliphatic heterocycles. The van der Waals surface area contributed by atoms with Gasteiger partial charge in [-0.15, -0.1) is 0 Å². The Balaban J connectivity index is 2.30. The molecule has 0 N–H and O–H groups in total. The zero-order valence-electron chi connectivity index (χ0n) is 8.92. The van der Waals surface area contributed by atoms with Gasteiger partial charge >= 0.3 is 0 Å². The van der Waals surface area contributed by atoms with E-state index in [0.29, 0.717) is 0 Å². The summed E-state index contributed by atoms with van der Waals surface area (Å²) in [6, 6.07) is 6.94. The third kappa shape index (κ3) is 2.06. The van der Waals surface area contributed by atoms with Crippen molar-refractivity contribution in [3.63, 3.8) is 0 Å². The highest BCUT2D eigenvalue weighted by molar-refractivity contribution is 5.51. The van der Waals surface area contributed by atoms with E-state index in [-0.39, 0.29) is 0 Å². The minimum Gasteiger partial charge on any atom is -0.0985 e. The first-order chi connectivity index (χ1) is 6.83. The number of hydrogen-bond donors (Lipinski definition) is 0. The molecular formula is C14H18. The van der Waals surface area contributed by atoms with Crippen molar-refractivity contribution in [1.29, 1.82) is 0 Å². The number of hydrogen-bond acceptors (Lipinski definition) is 0. The van der Waals surface area contributed by atoms with Crippen molar-refractivity contribution in [3.05, 3.63) is 41.5 Å². The number of benzene rings is 1. The van der Waals surface area contributed by atoms with E-state index in [4.69, 9.17) is 0 Å². The Morgan fingerprint density at radius 2 is 2.14 bits per heavy atom. The monoisotopic (exact) mass is 186 g/mol. The minimum absolute atomic E-state index is 0.852. The van der Waals surface area contributed by atoms with Crippen LogP contribution in [0.5, 0.6) is 0 Å². The maximum absolute atomic E-state index is 3.85. The fraction of sp³-hybridized carbons (Fsp3) is 0.429. The van der Waals surface area contributed by atoms with Crippen LogP contribution in [-0.2, 0) is 6.42 Å². The van der Waals surface area contributed by atoms with Gasteiger partial charge in [-0.3, -0.25) is 0 Å². The molecule has 0 bridgehead atoms. The van der Waals surface area contributed by atoms with Crippen LogP contribution in [0.2, 0.25) is 0 Å². The first kappa shape index (κ1) is 9.51. The first-order valence-corrected chi connectivity index (χ1v) is 5.59. The molecule has 0 heteroatoms. The predicted octanol–water partition coefficient (Wildman–Crippen LogP) is 4.16. The lowest BCUT2D eigenvalue weighted by Gasteiger charge is -2.05. The van der Waals surface area contributed by atoms with Gasteiger partial charge in [0.2, 0.25) is 0 Å². The molecule has 1 aliphatic carbocycles. The van der Waals surface area contributed by atoms with E-state index in [9.17, 15) is 0 Å². The van der Waals surface area contributed by atoms with Crippen LogP contribution < -0.4 is 0 Å². The van der Waals surface area contributed by atoms with E-state index in [1.165, 1.54) is 42.4 Å². The van der Waals surface area contributed by atoms with E-state index < -0.39 is 0 Å². The van der Waals surface area contributed by atoms with Crippen LogP contribution in [0.3, 0.4) is 0 Å². The molecule has 0 atom stereocenters. The Kier molecular flexibility index (Phi) is 2.72. The van der Waals surface area contributed by atoms with Gasteiger partial charge in [-0.2, -0.15) is 0 Å². The topological polar surface area (TPSA) is 0 Å². The standard InChI is InChI=1S/C14H18/c1-3-5-12-8-11(4-2)9-14(10-12)13-6-7-13/h4,8-10,13H,2-3,5-7H2,1H3. The summed E-state index contributed by atoms with van der Waals surface area (Å²) < 4.78 is 0. The maximum Gasteiger partial charge on any atom is -0.0161 e. The van der Waals surface area contributed by atoms with Crippen LogP contribution in [0.15, 0.2) is 24.8 Å². The molecule has 0 radical (unpaired) electrons. The van der Waals surface area contributed by atoms with Gasteiger partial charge in [0.05, 0.1) is 0 Å². The van der Waals surface area contributed by atoms with E-state index >= 15 is 0 Å². The summed E-state index contributed by atoms with van der Waals surface area (Å²) in [5.41, 5.74) is 4.30. The highest BCUT2D eigenvalue weighted by atomic mass is 14.3. The Morgan fingerprint density at radius 3 is 2.71 bits per heavy atom. The quantitative estimate of drug-likeness (QED) is 0.662. The average Bonchev–Trinajstić information content (AvgIpc) is 3.01. The van der Waals surface area contributed by atoms with Gasteiger partial charge < -0.3 is 0 Å². The molecule has 1 aliphatic rings. The Labute approximate surface area is 86.7 Å². The van der Waals surface area contributed by atoms with Gasteiger partial charge in [-0.05, 0) is 41.9 Å². The van der Waals surface area contributed by atoms with E-state index in [0.717, 1.165) is 5.92 Å². The van der Waals surface area contributed by atoms with Crippen LogP contribution in [0.25, 0.3) is 6.08 Å². The van der Waals surface area contributed by atoms with Crippen LogP contribution >= 0.6 is 0 Å². The molecule has 2 rings (SSSR count). The highest BCUT2D eigenvalue weighted by Crippen LogP contribution is 2.40. The molecule has 1 saturated carbocycles. The molecule has 0 aromatic heterocycles. The van der Waals surface area contributed by atoms with Gasteiger partial charge in [0.1, 0.15) is 0 Å². The Bertz CT molecular complexity index is 332. The molecule has 0 spiro atoms. The molecule has 14 heavy (non-hydrogen) atoms. The van der Waals surface area contributed by atoms with Crippen molar-refractivity contribution in [2.24, 2.45) is 0 Å². The van der Waals surface area contributed by atoms with Gasteiger partial charge in [-0.25, -0.2) is 0 Å². The molecule has 1 aromatic rings. The second-order valence-electron chi connectivity index (χ2n) is 4.24. The Hall–Kier alpha value is -1.04. The lowest BCUT2D eigenvalue weighted by atomic mass is 10.00. The zero-order valence-corrected chi connectivity index (χ0v) is 8.92.